The van der Waals surface area contributed by atoms with E-state index in [-0.39, 0.29) is 10.6 Å². The lowest BCUT2D eigenvalue weighted by Crippen LogP contribution is -2.30. The zero-order valence-electron chi connectivity index (χ0n) is 11.8. The van der Waals surface area contributed by atoms with Gasteiger partial charge >= 0.3 is 5.69 Å². The summed E-state index contributed by atoms with van der Waals surface area (Å²) in [6, 6.07) is 7.24. The molecule has 2 aromatic carbocycles. The highest BCUT2D eigenvalue weighted by atomic mass is 32.2. The summed E-state index contributed by atoms with van der Waals surface area (Å²) in [6.07, 6.45) is 0. The molecule has 0 aliphatic heterocycles. The van der Waals surface area contributed by atoms with Gasteiger partial charge in [0.2, 0.25) is 15.4 Å². The molecule has 0 saturated heterocycles. The average Bonchev–Trinajstić information content (AvgIpc) is 2.47. The van der Waals surface area contributed by atoms with Gasteiger partial charge in [-0.3, -0.25) is 0 Å². The Kier molecular flexibility index (Phi) is 4.11. The molecule has 0 N–H and O–H groups in total. The van der Waals surface area contributed by atoms with E-state index in [1.54, 1.807) is 19.9 Å². The first kappa shape index (κ1) is 15.2. The van der Waals surface area contributed by atoms with Gasteiger partial charge in [0, 0.05) is 18.5 Å². The summed E-state index contributed by atoms with van der Waals surface area (Å²) in [7, 11) is -3.66. The van der Waals surface area contributed by atoms with E-state index in [0.717, 1.165) is 0 Å². The second kappa shape index (κ2) is 5.68. The topological polar surface area (TPSA) is 88.6 Å². The van der Waals surface area contributed by atoms with E-state index in [1.165, 1.54) is 28.6 Å². The third-order valence-electron chi connectivity index (χ3n) is 3.38. The van der Waals surface area contributed by atoms with Gasteiger partial charge < -0.3 is 5.11 Å². The molecule has 0 atom stereocenters. The number of rotatable bonds is 4. The van der Waals surface area contributed by atoms with Gasteiger partial charge in [0.05, 0.1) is 10.3 Å². The Bertz CT molecular complexity index is 821. The molecular weight excluding hydrogens is 290 g/mol. The Hall–Kier alpha value is -2.17. The fourth-order valence-electron chi connectivity index (χ4n) is 2.32. The highest BCUT2D eigenvalue weighted by Gasteiger charge is 2.25. The predicted octanol–water partition coefficient (Wildman–Crippen LogP) is 2.43. The van der Waals surface area contributed by atoms with Crippen molar-refractivity contribution >= 4 is 26.5 Å². The quantitative estimate of drug-likeness (QED) is 0.811. The van der Waals surface area contributed by atoms with Crippen molar-refractivity contribution in [3.8, 4) is 5.75 Å². The van der Waals surface area contributed by atoms with E-state index in [4.69, 9.17) is 5.39 Å². The van der Waals surface area contributed by atoms with Crippen LogP contribution in [0.3, 0.4) is 0 Å². The first-order valence-corrected chi connectivity index (χ1v) is 7.99. The normalized spacial score (nSPS) is 11.7. The molecule has 0 amide bonds. The van der Waals surface area contributed by atoms with Crippen LogP contribution in [0.25, 0.3) is 15.7 Å². The lowest BCUT2D eigenvalue weighted by molar-refractivity contribution is -0.266. The van der Waals surface area contributed by atoms with Crippen LogP contribution in [0.15, 0.2) is 35.2 Å². The maximum atomic E-state index is 12.6. The first-order chi connectivity index (χ1) is 9.97. The van der Waals surface area contributed by atoms with Crippen molar-refractivity contribution in [1.82, 2.24) is 4.31 Å². The minimum absolute atomic E-state index is 0.105. The summed E-state index contributed by atoms with van der Waals surface area (Å²) >= 11 is 0. The third kappa shape index (κ3) is 2.44. The van der Waals surface area contributed by atoms with Crippen LogP contribution in [0.4, 0.5) is 5.69 Å². The monoisotopic (exact) mass is 305 g/mol. The lowest BCUT2D eigenvalue weighted by atomic mass is 10.1. The smallest absolute Gasteiger partial charge is 0.385 e. The molecule has 0 unspecified atom stereocenters. The maximum Gasteiger partial charge on any atom is 0.385 e. The van der Waals surface area contributed by atoms with Crippen LogP contribution in [0, 0.1) is 5.39 Å². The van der Waals surface area contributed by atoms with E-state index >= 15 is 0 Å². The van der Waals surface area contributed by atoms with Gasteiger partial charge in [-0.1, -0.05) is 32.0 Å². The van der Waals surface area contributed by atoms with E-state index in [1.807, 2.05) is 0 Å². The fourth-order valence-corrected chi connectivity index (χ4v) is 3.99. The van der Waals surface area contributed by atoms with Crippen LogP contribution < -0.4 is 5.11 Å². The van der Waals surface area contributed by atoms with Crippen molar-refractivity contribution in [2.24, 2.45) is 0 Å². The molecule has 6 nitrogen and oxygen atoms in total. The minimum atomic E-state index is -3.66. The highest BCUT2D eigenvalue weighted by Crippen LogP contribution is 2.36. The number of hydrogen-bond acceptors (Lipinski definition) is 4. The van der Waals surface area contributed by atoms with Gasteiger partial charge in [-0.2, -0.15) is 4.31 Å². The van der Waals surface area contributed by atoms with Crippen molar-refractivity contribution in [2.75, 3.05) is 13.1 Å². The zero-order valence-corrected chi connectivity index (χ0v) is 12.6. The van der Waals surface area contributed by atoms with Gasteiger partial charge in [0.25, 0.3) is 0 Å². The molecule has 0 heterocycles. The number of nitrogens with zero attached hydrogens (tertiary/aromatic N) is 3. The van der Waals surface area contributed by atoms with E-state index < -0.39 is 15.8 Å². The fraction of sp³-hybridized carbons (Fsp3) is 0.286. The Morgan fingerprint density at radius 3 is 2.38 bits per heavy atom. The van der Waals surface area contributed by atoms with Crippen LogP contribution in [-0.4, -0.2) is 25.8 Å². The predicted molar refractivity (Wildman–Crippen MR) is 78.2 cm³/mol. The maximum absolute atomic E-state index is 12.6. The van der Waals surface area contributed by atoms with Crippen molar-refractivity contribution in [3.05, 3.63) is 35.3 Å². The molecule has 21 heavy (non-hydrogen) atoms. The summed E-state index contributed by atoms with van der Waals surface area (Å²) in [5.41, 5.74) is -0.149. The lowest BCUT2D eigenvalue weighted by Gasteiger charge is -2.19. The molecule has 7 heteroatoms. The van der Waals surface area contributed by atoms with Gasteiger partial charge in [-0.25, -0.2) is 8.42 Å². The molecule has 0 aliphatic rings. The molecule has 0 saturated carbocycles. The number of sulfonamides is 1. The molecular formula is C14H15N3O3S. The van der Waals surface area contributed by atoms with Crippen LogP contribution >= 0.6 is 0 Å². The average molecular weight is 305 g/mol. The number of diazo groups is 1. The first-order valence-electron chi connectivity index (χ1n) is 6.55. The molecule has 0 aromatic heterocycles. The molecule has 0 radical (unpaired) electrons. The number of hydrogen-bond donors (Lipinski definition) is 0. The highest BCUT2D eigenvalue weighted by molar-refractivity contribution is 7.89. The standard InChI is InChI=1S/C14H15N3O3S/c1-3-17(4-2)21(19,20)13-7-5-6-11-10(13)8-9-12(18)14(11)16-15/h5-9H,3-4H2,1-2H3. The molecule has 0 aliphatic carbocycles. The molecule has 2 aromatic rings. The van der Waals surface area contributed by atoms with E-state index in [2.05, 4.69) is 4.98 Å². The Morgan fingerprint density at radius 1 is 1.14 bits per heavy atom. The van der Waals surface area contributed by atoms with Crippen LogP contribution in [0.2, 0.25) is 0 Å². The summed E-state index contributed by atoms with van der Waals surface area (Å²) in [5, 5.41) is 21.3. The van der Waals surface area contributed by atoms with Gasteiger partial charge in [0.1, 0.15) is 0 Å². The Labute approximate surface area is 123 Å². The molecule has 0 bridgehead atoms. The SMILES string of the molecule is CCN(CC)S(=O)(=O)c1cccc2c([N+]#N)c([O-])ccc12. The van der Waals surface area contributed by atoms with Crippen LogP contribution in [-0.2, 0) is 10.0 Å². The minimum Gasteiger partial charge on any atom is -0.867 e. The summed E-state index contributed by atoms with van der Waals surface area (Å²) in [5.74, 6) is -0.456. The summed E-state index contributed by atoms with van der Waals surface area (Å²) in [4.78, 5) is 3.09. The summed E-state index contributed by atoms with van der Waals surface area (Å²) in [6.45, 7) is 4.23. The number of benzene rings is 2. The van der Waals surface area contributed by atoms with Crippen LogP contribution in [0.5, 0.6) is 5.75 Å². The zero-order chi connectivity index (χ0) is 15.6. The molecule has 0 fully saturated rings. The van der Waals surface area contributed by atoms with Crippen molar-refractivity contribution in [2.45, 2.75) is 18.7 Å². The second-order valence-corrected chi connectivity index (χ2v) is 6.36. The van der Waals surface area contributed by atoms with Crippen LogP contribution in [0.1, 0.15) is 13.8 Å². The molecule has 2 rings (SSSR count). The Morgan fingerprint density at radius 2 is 1.81 bits per heavy atom. The van der Waals surface area contributed by atoms with Gasteiger partial charge in [-0.05, 0) is 17.9 Å². The molecule has 0 spiro atoms. The van der Waals surface area contributed by atoms with Gasteiger partial charge in [0.15, 0.2) is 4.98 Å². The van der Waals surface area contributed by atoms with Crippen molar-refractivity contribution < 1.29 is 13.5 Å². The molecule has 110 valence electrons. The van der Waals surface area contributed by atoms with Crippen molar-refractivity contribution in [3.63, 3.8) is 0 Å². The second-order valence-electron chi connectivity index (χ2n) is 4.45. The van der Waals surface area contributed by atoms with E-state index in [9.17, 15) is 13.5 Å². The van der Waals surface area contributed by atoms with Gasteiger partial charge in [-0.15, -0.1) is 0 Å². The van der Waals surface area contributed by atoms with E-state index in [0.29, 0.717) is 23.9 Å². The summed E-state index contributed by atoms with van der Waals surface area (Å²) < 4.78 is 26.6. The van der Waals surface area contributed by atoms with Crippen molar-refractivity contribution in [1.29, 1.82) is 5.39 Å². The largest absolute Gasteiger partial charge is 0.867 e. The Balaban J connectivity index is 2.82. The third-order valence-corrected chi connectivity index (χ3v) is 5.49. The number of fused-ring (bicyclic) bond motifs is 1.